The van der Waals surface area contributed by atoms with Gasteiger partial charge in [-0.15, -0.1) is 0 Å². The zero-order valence-electron chi connectivity index (χ0n) is 12.4. The highest BCUT2D eigenvalue weighted by Crippen LogP contribution is 2.27. The molecule has 0 spiro atoms. The van der Waals surface area contributed by atoms with Gasteiger partial charge in [-0.1, -0.05) is 6.07 Å². The number of hydrogen-bond acceptors (Lipinski definition) is 6. The molecular weight excluding hydrogens is 276 g/mol. The number of carbonyl (C=O) groups is 2. The lowest BCUT2D eigenvalue weighted by molar-refractivity contribution is -0.161. The molecule has 1 rings (SSSR count). The number of phenolic OH excluding ortho intramolecular Hbond substituents is 1. The Morgan fingerprint density at radius 2 is 1.71 bits per heavy atom. The summed E-state index contributed by atoms with van der Waals surface area (Å²) in [5.74, 6) is -2.01. The SMILES string of the molecule is CCOC(=O)C(Cc1ccc(O)c(OC)c1)C(=O)OCC. The van der Waals surface area contributed by atoms with Crippen molar-refractivity contribution in [2.45, 2.75) is 20.3 Å². The van der Waals surface area contributed by atoms with E-state index in [1.165, 1.54) is 13.2 Å². The first-order chi connectivity index (χ1) is 10.0. The number of aromatic hydroxyl groups is 1. The summed E-state index contributed by atoms with van der Waals surface area (Å²) in [6.45, 7) is 3.72. The standard InChI is InChI=1S/C15H20O6/c1-4-20-14(17)11(15(18)21-5-2)8-10-6-7-12(16)13(9-10)19-3/h6-7,9,11,16H,4-5,8H2,1-3H3. The highest BCUT2D eigenvalue weighted by atomic mass is 16.6. The Hall–Kier alpha value is -2.24. The Balaban J connectivity index is 2.94. The Bertz CT molecular complexity index is 479. The molecule has 0 saturated heterocycles. The lowest BCUT2D eigenvalue weighted by atomic mass is 9.99. The molecule has 0 aliphatic rings. The van der Waals surface area contributed by atoms with Crippen molar-refractivity contribution in [3.63, 3.8) is 0 Å². The van der Waals surface area contributed by atoms with Crippen LogP contribution in [0.3, 0.4) is 0 Å². The van der Waals surface area contributed by atoms with Crippen molar-refractivity contribution in [2.75, 3.05) is 20.3 Å². The predicted molar refractivity (Wildman–Crippen MR) is 75.1 cm³/mol. The van der Waals surface area contributed by atoms with Gasteiger partial charge < -0.3 is 19.3 Å². The van der Waals surface area contributed by atoms with E-state index in [1.54, 1.807) is 26.0 Å². The number of ether oxygens (including phenoxy) is 3. The van der Waals surface area contributed by atoms with Gasteiger partial charge in [0.15, 0.2) is 17.4 Å². The summed E-state index contributed by atoms with van der Waals surface area (Å²) >= 11 is 0. The molecule has 0 amide bonds. The van der Waals surface area contributed by atoms with E-state index in [9.17, 15) is 14.7 Å². The molecule has 6 heteroatoms. The number of methoxy groups -OCH3 is 1. The number of hydrogen-bond donors (Lipinski definition) is 1. The van der Waals surface area contributed by atoms with E-state index in [-0.39, 0.29) is 31.1 Å². The fraction of sp³-hybridized carbons (Fsp3) is 0.467. The van der Waals surface area contributed by atoms with E-state index in [0.29, 0.717) is 5.56 Å². The van der Waals surface area contributed by atoms with Crippen LogP contribution in [0.4, 0.5) is 0 Å². The molecule has 1 aromatic carbocycles. The van der Waals surface area contributed by atoms with Crippen molar-refractivity contribution >= 4 is 11.9 Å². The van der Waals surface area contributed by atoms with Gasteiger partial charge in [-0.3, -0.25) is 9.59 Å². The van der Waals surface area contributed by atoms with Crippen LogP contribution in [-0.2, 0) is 25.5 Å². The van der Waals surface area contributed by atoms with Gasteiger partial charge in [-0.25, -0.2) is 0 Å². The van der Waals surface area contributed by atoms with E-state index in [1.807, 2.05) is 0 Å². The molecule has 1 aromatic rings. The molecule has 0 aliphatic carbocycles. The first-order valence-corrected chi connectivity index (χ1v) is 6.72. The molecule has 116 valence electrons. The number of carbonyl (C=O) groups excluding carboxylic acids is 2. The van der Waals surface area contributed by atoms with Crippen LogP contribution < -0.4 is 4.74 Å². The smallest absolute Gasteiger partial charge is 0.320 e. The fourth-order valence-electron chi connectivity index (χ4n) is 1.83. The second kappa shape index (κ2) is 8.14. The van der Waals surface area contributed by atoms with Crippen LogP contribution in [0.25, 0.3) is 0 Å². The lowest BCUT2D eigenvalue weighted by Crippen LogP contribution is -2.30. The third-order valence-electron chi connectivity index (χ3n) is 2.83. The summed E-state index contributed by atoms with van der Waals surface area (Å²) in [5.41, 5.74) is 0.663. The Labute approximate surface area is 123 Å². The fourth-order valence-corrected chi connectivity index (χ4v) is 1.83. The van der Waals surface area contributed by atoms with Gasteiger partial charge in [-0.2, -0.15) is 0 Å². The van der Waals surface area contributed by atoms with Gasteiger partial charge in [0.25, 0.3) is 0 Å². The Morgan fingerprint density at radius 1 is 1.14 bits per heavy atom. The molecule has 0 unspecified atom stereocenters. The lowest BCUT2D eigenvalue weighted by Gasteiger charge is -2.15. The minimum absolute atomic E-state index is 0.00919. The molecule has 0 fully saturated rings. The van der Waals surface area contributed by atoms with Gasteiger partial charge in [0.1, 0.15) is 0 Å². The van der Waals surface area contributed by atoms with Crippen molar-refractivity contribution in [1.29, 1.82) is 0 Å². The number of benzene rings is 1. The predicted octanol–water partition coefficient (Wildman–Crippen LogP) is 1.69. The maximum atomic E-state index is 11.9. The minimum Gasteiger partial charge on any atom is -0.504 e. The van der Waals surface area contributed by atoms with Crippen molar-refractivity contribution < 1.29 is 28.9 Å². The summed E-state index contributed by atoms with van der Waals surface area (Å²) in [7, 11) is 1.42. The van der Waals surface area contributed by atoms with E-state index in [0.717, 1.165) is 0 Å². The summed E-state index contributed by atoms with van der Waals surface area (Å²) in [6.07, 6.45) is 0.119. The monoisotopic (exact) mass is 296 g/mol. The molecule has 0 saturated carbocycles. The van der Waals surface area contributed by atoms with E-state index >= 15 is 0 Å². The van der Waals surface area contributed by atoms with Gasteiger partial charge in [0.2, 0.25) is 0 Å². The van der Waals surface area contributed by atoms with Crippen LogP contribution in [0, 0.1) is 5.92 Å². The van der Waals surface area contributed by atoms with Crippen LogP contribution in [0.1, 0.15) is 19.4 Å². The largest absolute Gasteiger partial charge is 0.504 e. The number of phenols is 1. The quantitative estimate of drug-likeness (QED) is 0.609. The Kier molecular flexibility index (Phi) is 6.52. The summed E-state index contributed by atoms with van der Waals surface area (Å²) in [4.78, 5) is 23.8. The van der Waals surface area contributed by atoms with Gasteiger partial charge in [0, 0.05) is 0 Å². The Morgan fingerprint density at radius 3 is 2.19 bits per heavy atom. The zero-order valence-corrected chi connectivity index (χ0v) is 12.4. The highest BCUT2D eigenvalue weighted by Gasteiger charge is 2.30. The van der Waals surface area contributed by atoms with Crippen LogP contribution in [0.5, 0.6) is 11.5 Å². The van der Waals surface area contributed by atoms with E-state index in [4.69, 9.17) is 14.2 Å². The van der Waals surface area contributed by atoms with Crippen molar-refractivity contribution in [3.05, 3.63) is 23.8 Å². The van der Waals surface area contributed by atoms with Gasteiger partial charge >= 0.3 is 11.9 Å². The van der Waals surface area contributed by atoms with E-state index < -0.39 is 17.9 Å². The first-order valence-electron chi connectivity index (χ1n) is 6.72. The van der Waals surface area contributed by atoms with Gasteiger partial charge in [0.05, 0.1) is 20.3 Å². The average molecular weight is 296 g/mol. The average Bonchev–Trinajstić information content (AvgIpc) is 2.46. The van der Waals surface area contributed by atoms with Gasteiger partial charge in [-0.05, 0) is 38.0 Å². The second-order valence-electron chi connectivity index (χ2n) is 4.27. The summed E-state index contributed by atoms with van der Waals surface area (Å²) in [6, 6.07) is 4.63. The molecule has 0 aromatic heterocycles. The van der Waals surface area contributed by atoms with Crippen molar-refractivity contribution in [1.82, 2.24) is 0 Å². The normalized spacial score (nSPS) is 10.3. The molecule has 0 atom stereocenters. The zero-order chi connectivity index (χ0) is 15.8. The summed E-state index contributed by atoms with van der Waals surface area (Å²) < 4.78 is 14.8. The molecule has 0 aliphatic heterocycles. The van der Waals surface area contributed by atoms with E-state index in [2.05, 4.69) is 0 Å². The topological polar surface area (TPSA) is 82.1 Å². The third kappa shape index (κ3) is 4.66. The minimum atomic E-state index is -1.03. The third-order valence-corrected chi connectivity index (χ3v) is 2.83. The highest BCUT2D eigenvalue weighted by molar-refractivity contribution is 5.95. The van der Waals surface area contributed by atoms with Crippen LogP contribution >= 0.6 is 0 Å². The number of rotatable bonds is 7. The second-order valence-corrected chi connectivity index (χ2v) is 4.27. The van der Waals surface area contributed by atoms with Crippen LogP contribution in [0.15, 0.2) is 18.2 Å². The van der Waals surface area contributed by atoms with Crippen LogP contribution in [-0.4, -0.2) is 37.4 Å². The first kappa shape index (κ1) is 16.8. The maximum Gasteiger partial charge on any atom is 0.320 e. The van der Waals surface area contributed by atoms with Crippen molar-refractivity contribution in [2.24, 2.45) is 5.92 Å². The molecule has 0 bridgehead atoms. The molecule has 1 N–H and O–H groups in total. The molecular formula is C15H20O6. The molecule has 21 heavy (non-hydrogen) atoms. The van der Waals surface area contributed by atoms with Crippen LogP contribution in [0.2, 0.25) is 0 Å². The molecule has 6 nitrogen and oxygen atoms in total. The number of esters is 2. The van der Waals surface area contributed by atoms with Crippen molar-refractivity contribution in [3.8, 4) is 11.5 Å². The molecule has 0 heterocycles. The molecule has 0 radical (unpaired) electrons. The maximum absolute atomic E-state index is 11.9. The summed E-state index contributed by atoms with van der Waals surface area (Å²) in [5, 5.41) is 9.55.